The highest BCUT2D eigenvalue weighted by Gasteiger charge is 2.44. The van der Waals surface area contributed by atoms with Crippen molar-refractivity contribution in [1.29, 1.82) is 0 Å². The van der Waals surface area contributed by atoms with Crippen LogP contribution in [-0.4, -0.2) is 51.1 Å². The van der Waals surface area contributed by atoms with Crippen LogP contribution in [0.5, 0.6) is 0 Å². The van der Waals surface area contributed by atoms with Crippen molar-refractivity contribution < 1.29 is 25.2 Å². The minimum atomic E-state index is -1.40. The average molecular weight is 178 g/mol. The first-order valence-corrected chi connectivity index (χ1v) is 3.95. The van der Waals surface area contributed by atoms with Gasteiger partial charge >= 0.3 is 0 Å². The summed E-state index contributed by atoms with van der Waals surface area (Å²) in [7, 11) is 0. The Balaban J connectivity index is 2.58. The van der Waals surface area contributed by atoms with Gasteiger partial charge in [-0.25, -0.2) is 0 Å². The Kier molecular flexibility index (Phi) is 3.03. The van der Waals surface area contributed by atoms with E-state index in [1.807, 2.05) is 0 Å². The molecule has 5 atom stereocenters. The molecule has 0 amide bonds. The Labute approximate surface area is 70.2 Å². The zero-order valence-electron chi connectivity index (χ0n) is 6.79. The summed E-state index contributed by atoms with van der Waals surface area (Å²) in [4.78, 5) is 0. The minimum Gasteiger partial charge on any atom is -0.390 e. The third-order valence-corrected chi connectivity index (χ3v) is 2.07. The Morgan fingerprint density at radius 1 is 1.25 bits per heavy atom. The Morgan fingerprint density at radius 3 is 2.17 bits per heavy atom. The summed E-state index contributed by atoms with van der Waals surface area (Å²) >= 11 is 0. The maximum Gasteiger partial charge on any atom is 0.184 e. The predicted molar refractivity (Wildman–Crippen MR) is 39.2 cm³/mol. The van der Waals surface area contributed by atoms with Crippen LogP contribution >= 0.6 is 0 Å². The van der Waals surface area contributed by atoms with Crippen LogP contribution in [0.3, 0.4) is 0 Å². The van der Waals surface area contributed by atoms with Gasteiger partial charge in [-0.3, -0.25) is 0 Å². The van der Waals surface area contributed by atoms with E-state index < -0.39 is 30.7 Å². The highest BCUT2D eigenvalue weighted by atomic mass is 16.6. The number of hydrogen-bond acceptors (Lipinski definition) is 5. The number of aliphatic hydroxyl groups excluding tert-OH is 4. The van der Waals surface area contributed by atoms with Crippen molar-refractivity contribution in [3.8, 4) is 0 Å². The Hall–Kier alpha value is -0.200. The molecule has 0 aromatic heterocycles. The molecule has 1 heterocycles. The minimum absolute atomic E-state index is 0.404. The van der Waals surface area contributed by atoms with Gasteiger partial charge in [-0.1, -0.05) is 6.92 Å². The van der Waals surface area contributed by atoms with E-state index in [1.165, 1.54) is 0 Å². The van der Waals surface area contributed by atoms with E-state index in [1.54, 1.807) is 6.92 Å². The van der Waals surface area contributed by atoms with E-state index in [0.717, 1.165) is 0 Å². The van der Waals surface area contributed by atoms with Crippen molar-refractivity contribution in [1.82, 2.24) is 0 Å². The molecule has 1 saturated heterocycles. The Morgan fingerprint density at radius 2 is 1.83 bits per heavy atom. The second-order valence-corrected chi connectivity index (χ2v) is 2.95. The topological polar surface area (TPSA) is 90.2 Å². The normalized spacial score (nSPS) is 44.8. The molecule has 1 aliphatic rings. The third-order valence-electron chi connectivity index (χ3n) is 2.07. The van der Waals surface area contributed by atoms with Gasteiger partial charge in [-0.2, -0.15) is 0 Å². The monoisotopic (exact) mass is 178 g/mol. The predicted octanol–water partition coefficient (Wildman–Crippen LogP) is -1.80. The second kappa shape index (κ2) is 3.68. The van der Waals surface area contributed by atoms with E-state index in [4.69, 9.17) is 14.9 Å². The van der Waals surface area contributed by atoms with Crippen LogP contribution in [-0.2, 0) is 4.74 Å². The van der Waals surface area contributed by atoms with Crippen LogP contribution in [0.15, 0.2) is 0 Å². The van der Waals surface area contributed by atoms with Crippen LogP contribution in [0.25, 0.3) is 0 Å². The van der Waals surface area contributed by atoms with Gasteiger partial charge in [0.05, 0.1) is 6.10 Å². The highest BCUT2D eigenvalue weighted by Crippen LogP contribution is 2.23. The molecule has 5 nitrogen and oxygen atoms in total. The second-order valence-electron chi connectivity index (χ2n) is 2.95. The van der Waals surface area contributed by atoms with Gasteiger partial charge in [0.2, 0.25) is 0 Å². The van der Waals surface area contributed by atoms with Crippen LogP contribution in [0.2, 0.25) is 0 Å². The Bertz CT molecular complexity index is 151. The molecule has 0 bridgehead atoms. The zero-order valence-corrected chi connectivity index (χ0v) is 6.79. The molecule has 1 aliphatic heterocycles. The molecule has 1 rings (SSSR count). The van der Waals surface area contributed by atoms with Crippen molar-refractivity contribution >= 4 is 0 Å². The standard InChI is InChI=1S/C7H14O5/c1-2-3(8)6-4(9)5(10)7(11)12-6/h3-11H,2H2,1H3/t3-,4?,5?,6?,7-/m1/s1. The van der Waals surface area contributed by atoms with Crippen molar-refractivity contribution in [3.05, 3.63) is 0 Å². The fourth-order valence-electron chi connectivity index (χ4n) is 1.24. The molecule has 0 aliphatic carbocycles. The summed E-state index contributed by atoms with van der Waals surface area (Å²) in [5.41, 5.74) is 0. The molecule has 0 aromatic carbocycles. The zero-order chi connectivity index (χ0) is 9.30. The summed E-state index contributed by atoms with van der Waals surface area (Å²) < 4.78 is 4.74. The molecular weight excluding hydrogens is 164 g/mol. The largest absolute Gasteiger partial charge is 0.390 e. The summed E-state index contributed by atoms with van der Waals surface area (Å²) in [5.74, 6) is 0. The molecule has 0 saturated carbocycles. The maximum absolute atomic E-state index is 9.26. The fraction of sp³-hybridized carbons (Fsp3) is 1.00. The van der Waals surface area contributed by atoms with E-state index in [9.17, 15) is 10.2 Å². The lowest BCUT2D eigenvalue weighted by molar-refractivity contribution is -0.146. The molecular formula is C7H14O5. The highest BCUT2D eigenvalue weighted by molar-refractivity contribution is 4.89. The van der Waals surface area contributed by atoms with Crippen LogP contribution < -0.4 is 0 Å². The van der Waals surface area contributed by atoms with E-state index in [0.29, 0.717) is 6.42 Å². The van der Waals surface area contributed by atoms with Gasteiger partial charge in [0.15, 0.2) is 6.29 Å². The number of aliphatic hydroxyl groups is 4. The summed E-state index contributed by atoms with van der Waals surface area (Å²) in [6.07, 6.45) is -5.27. The molecule has 4 N–H and O–H groups in total. The van der Waals surface area contributed by atoms with Crippen LogP contribution in [0, 0.1) is 0 Å². The first-order chi connectivity index (χ1) is 5.57. The third kappa shape index (κ3) is 1.60. The molecule has 0 radical (unpaired) electrons. The number of rotatable bonds is 2. The lowest BCUT2D eigenvalue weighted by atomic mass is 10.0. The van der Waals surface area contributed by atoms with Crippen LogP contribution in [0.4, 0.5) is 0 Å². The number of ether oxygens (including phenoxy) is 1. The van der Waals surface area contributed by atoms with Crippen molar-refractivity contribution in [2.75, 3.05) is 0 Å². The van der Waals surface area contributed by atoms with E-state index in [-0.39, 0.29) is 0 Å². The number of hydrogen-bond donors (Lipinski definition) is 4. The molecule has 72 valence electrons. The van der Waals surface area contributed by atoms with Crippen molar-refractivity contribution in [2.45, 2.75) is 44.1 Å². The SMILES string of the molecule is CC[C@@H](O)C1O[C@@H](O)C(O)C1O. The molecule has 12 heavy (non-hydrogen) atoms. The molecule has 5 heteroatoms. The van der Waals surface area contributed by atoms with Gasteiger partial charge < -0.3 is 25.2 Å². The summed E-state index contributed by atoms with van der Waals surface area (Å²) in [6, 6.07) is 0. The summed E-state index contributed by atoms with van der Waals surface area (Å²) in [5, 5.41) is 36.5. The summed E-state index contributed by atoms with van der Waals surface area (Å²) in [6.45, 7) is 1.72. The van der Waals surface area contributed by atoms with Gasteiger partial charge in [-0.05, 0) is 6.42 Å². The van der Waals surface area contributed by atoms with E-state index in [2.05, 4.69) is 0 Å². The van der Waals surface area contributed by atoms with Crippen LogP contribution in [0.1, 0.15) is 13.3 Å². The van der Waals surface area contributed by atoms with Gasteiger partial charge in [0.25, 0.3) is 0 Å². The van der Waals surface area contributed by atoms with E-state index >= 15 is 0 Å². The first-order valence-electron chi connectivity index (χ1n) is 3.95. The molecule has 0 aromatic rings. The molecule has 3 unspecified atom stereocenters. The smallest absolute Gasteiger partial charge is 0.184 e. The average Bonchev–Trinajstić information content (AvgIpc) is 2.32. The first kappa shape index (κ1) is 9.88. The van der Waals surface area contributed by atoms with Crippen molar-refractivity contribution in [3.63, 3.8) is 0 Å². The van der Waals surface area contributed by atoms with Gasteiger partial charge in [0.1, 0.15) is 18.3 Å². The van der Waals surface area contributed by atoms with Gasteiger partial charge in [-0.15, -0.1) is 0 Å². The lowest BCUT2D eigenvalue weighted by Gasteiger charge is -2.18. The quantitative estimate of drug-likeness (QED) is 0.400. The lowest BCUT2D eigenvalue weighted by Crippen LogP contribution is -2.38. The van der Waals surface area contributed by atoms with Gasteiger partial charge in [0, 0.05) is 0 Å². The van der Waals surface area contributed by atoms with Crippen molar-refractivity contribution in [2.24, 2.45) is 0 Å². The molecule has 1 fully saturated rings. The fourth-order valence-corrected chi connectivity index (χ4v) is 1.24. The maximum atomic E-state index is 9.26. The molecule has 0 spiro atoms.